The van der Waals surface area contributed by atoms with E-state index in [1.165, 1.54) is 12.1 Å². The van der Waals surface area contributed by atoms with Crippen LogP contribution in [0.4, 0.5) is 17.6 Å². The van der Waals surface area contributed by atoms with Crippen LogP contribution in [0.3, 0.4) is 0 Å². The lowest BCUT2D eigenvalue weighted by atomic mass is 10.2. The van der Waals surface area contributed by atoms with E-state index in [-0.39, 0.29) is 22.1 Å². The Kier molecular flexibility index (Phi) is 3.79. The average Bonchev–Trinajstić information content (AvgIpc) is 2.86. The number of alkyl halides is 3. The third-order valence-electron chi connectivity index (χ3n) is 3.17. The lowest BCUT2D eigenvalue weighted by Crippen LogP contribution is -2.64. The minimum Gasteiger partial charge on any atom is -0.424 e. The van der Waals surface area contributed by atoms with Crippen molar-refractivity contribution < 1.29 is 31.8 Å². The molecule has 24 heavy (non-hydrogen) atoms. The van der Waals surface area contributed by atoms with Gasteiger partial charge < -0.3 is 9.47 Å². The minimum atomic E-state index is -5.09. The molecular formula is C15H8ClF4NO3. The van der Waals surface area contributed by atoms with Crippen LogP contribution in [0.5, 0.6) is 11.5 Å². The van der Waals surface area contributed by atoms with Crippen molar-refractivity contribution >= 4 is 17.5 Å². The Labute approximate surface area is 137 Å². The third kappa shape index (κ3) is 2.84. The van der Waals surface area contributed by atoms with E-state index in [2.05, 4.69) is 0 Å². The van der Waals surface area contributed by atoms with Gasteiger partial charge in [-0.05, 0) is 36.4 Å². The first kappa shape index (κ1) is 16.4. The summed E-state index contributed by atoms with van der Waals surface area (Å²) in [6.07, 6.45) is -5.09. The van der Waals surface area contributed by atoms with Crippen molar-refractivity contribution in [3.8, 4) is 11.5 Å². The zero-order valence-electron chi connectivity index (χ0n) is 11.7. The first-order chi connectivity index (χ1) is 11.2. The van der Waals surface area contributed by atoms with E-state index < -0.39 is 23.8 Å². The zero-order valence-corrected chi connectivity index (χ0v) is 12.4. The highest BCUT2D eigenvalue weighted by Crippen LogP contribution is 2.46. The van der Waals surface area contributed by atoms with Gasteiger partial charge >= 0.3 is 12.1 Å². The molecular weight excluding hydrogens is 354 g/mol. The number of carbonyl (C=O) groups is 1. The second kappa shape index (κ2) is 5.55. The molecule has 4 nitrogen and oxygen atoms in total. The van der Waals surface area contributed by atoms with Gasteiger partial charge in [0, 0.05) is 16.7 Å². The summed E-state index contributed by atoms with van der Waals surface area (Å²) in [5.41, 5.74) is -0.193. The molecule has 0 spiro atoms. The van der Waals surface area contributed by atoms with Crippen LogP contribution in [0.15, 0.2) is 42.5 Å². The van der Waals surface area contributed by atoms with Gasteiger partial charge in [-0.25, -0.2) is 4.39 Å². The standard InChI is InChI=1S/C15H8ClF4NO3/c16-9-3-6-11-12(7-9)24-15(23-11,14(18,19)20)21-13(22)8-1-4-10(17)5-2-8/h1-7H,(H,21,22). The first-order valence-electron chi connectivity index (χ1n) is 6.52. The van der Waals surface area contributed by atoms with Gasteiger partial charge in [-0.3, -0.25) is 10.1 Å². The van der Waals surface area contributed by atoms with Gasteiger partial charge in [0.15, 0.2) is 11.5 Å². The molecule has 1 heterocycles. The molecule has 0 aromatic heterocycles. The number of ether oxygens (including phenoxy) is 2. The SMILES string of the molecule is O=C(NC1(C(F)(F)F)Oc2ccc(Cl)cc2O1)c1ccc(F)cc1. The van der Waals surface area contributed by atoms with Crippen LogP contribution in [0, 0.1) is 5.82 Å². The highest BCUT2D eigenvalue weighted by Gasteiger charge is 2.65. The van der Waals surface area contributed by atoms with Crippen LogP contribution in [0.25, 0.3) is 0 Å². The minimum absolute atomic E-state index is 0.139. The summed E-state index contributed by atoms with van der Waals surface area (Å²) in [5, 5.41) is 1.80. The van der Waals surface area contributed by atoms with Crippen molar-refractivity contribution in [2.45, 2.75) is 12.1 Å². The fourth-order valence-corrected chi connectivity index (χ4v) is 2.20. The van der Waals surface area contributed by atoms with Gasteiger partial charge in [0.05, 0.1) is 0 Å². The highest BCUT2D eigenvalue weighted by molar-refractivity contribution is 6.30. The average molecular weight is 362 g/mol. The monoisotopic (exact) mass is 361 g/mol. The summed E-state index contributed by atoms with van der Waals surface area (Å²) in [6, 6.07) is 7.60. The number of carbonyl (C=O) groups excluding carboxylic acids is 1. The molecule has 1 unspecified atom stereocenters. The number of fused-ring (bicyclic) bond motifs is 1. The Balaban J connectivity index is 1.92. The zero-order chi connectivity index (χ0) is 17.5. The van der Waals surface area contributed by atoms with Crippen LogP contribution < -0.4 is 14.8 Å². The van der Waals surface area contributed by atoms with Gasteiger partial charge in [0.25, 0.3) is 5.91 Å². The molecule has 1 aliphatic rings. The number of amides is 1. The molecule has 0 radical (unpaired) electrons. The largest absolute Gasteiger partial charge is 0.492 e. The second-order valence-corrected chi connectivity index (χ2v) is 5.31. The maximum atomic E-state index is 13.5. The topological polar surface area (TPSA) is 47.6 Å². The molecule has 0 aliphatic carbocycles. The highest BCUT2D eigenvalue weighted by atomic mass is 35.5. The smallest absolute Gasteiger partial charge is 0.424 e. The fourth-order valence-electron chi connectivity index (χ4n) is 2.04. The molecule has 0 fully saturated rings. The van der Waals surface area contributed by atoms with Crippen molar-refractivity contribution in [3.63, 3.8) is 0 Å². The molecule has 1 amide bonds. The van der Waals surface area contributed by atoms with Gasteiger partial charge in [-0.2, -0.15) is 13.2 Å². The van der Waals surface area contributed by atoms with E-state index >= 15 is 0 Å². The van der Waals surface area contributed by atoms with Crippen LogP contribution in [0.1, 0.15) is 10.4 Å². The Morgan fingerprint density at radius 3 is 2.29 bits per heavy atom. The molecule has 1 atom stereocenters. The summed E-state index contributed by atoms with van der Waals surface area (Å²) in [4.78, 5) is 12.1. The Morgan fingerprint density at radius 1 is 1.04 bits per heavy atom. The van der Waals surface area contributed by atoms with Gasteiger partial charge in [-0.1, -0.05) is 11.6 Å². The summed E-state index contributed by atoms with van der Waals surface area (Å²) < 4.78 is 62.9. The molecule has 0 saturated carbocycles. The van der Waals surface area contributed by atoms with Gasteiger partial charge in [-0.15, -0.1) is 0 Å². The van der Waals surface area contributed by atoms with Gasteiger partial charge in [0.1, 0.15) is 5.82 Å². The predicted octanol–water partition coefficient (Wildman–Crippen LogP) is 3.90. The van der Waals surface area contributed by atoms with Crippen LogP contribution >= 0.6 is 11.6 Å². The van der Waals surface area contributed by atoms with E-state index in [9.17, 15) is 22.4 Å². The van der Waals surface area contributed by atoms with Crippen molar-refractivity contribution in [1.82, 2.24) is 5.32 Å². The second-order valence-electron chi connectivity index (χ2n) is 4.87. The normalized spacial score (nSPS) is 19.2. The number of hydrogen-bond donors (Lipinski definition) is 1. The summed E-state index contributed by atoms with van der Waals surface area (Å²) in [7, 11) is 0. The number of nitrogens with one attached hydrogen (secondary N) is 1. The van der Waals surface area contributed by atoms with Crippen LogP contribution in [0.2, 0.25) is 5.02 Å². The van der Waals surface area contributed by atoms with Crippen molar-refractivity contribution in [1.29, 1.82) is 0 Å². The lowest BCUT2D eigenvalue weighted by Gasteiger charge is -2.29. The number of benzene rings is 2. The number of halogens is 5. The summed E-state index contributed by atoms with van der Waals surface area (Å²) in [5.74, 6) is -5.67. The molecule has 2 aromatic rings. The molecule has 126 valence electrons. The fraction of sp³-hybridized carbons (Fsp3) is 0.133. The third-order valence-corrected chi connectivity index (χ3v) is 3.41. The summed E-state index contributed by atoms with van der Waals surface area (Å²) in [6.45, 7) is 0. The maximum Gasteiger partial charge on any atom is 0.492 e. The quantitative estimate of drug-likeness (QED) is 0.825. The maximum absolute atomic E-state index is 13.5. The van der Waals surface area contributed by atoms with E-state index in [4.69, 9.17) is 21.1 Å². The molecule has 9 heteroatoms. The molecule has 0 saturated heterocycles. The summed E-state index contributed by atoms with van der Waals surface area (Å²) >= 11 is 5.71. The Bertz CT molecular complexity index is 794. The lowest BCUT2D eigenvalue weighted by molar-refractivity contribution is -0.317. The van der Waals surface area contributed by atoms with Crippen molar-refractivity contribution in [2.24, 2.45) is 0 Å². The first-order valence-corrected chi connectivity index (χ1v) is 6.90. The predicted molar refractivity (Wildman–Crippen MR) is 75.4 cm³/mol. The molecule has 2 aromatic carbocycles. The molecule has 1 N–H and O–H groups in total. The molecule has 3 rings (SSSR count). The van der Waals surface area contributed by atoms with E-state index in [0.29, 0.717) is 0 Å². The van der Waals surface area contributed by atoms with Gasteiger partial charge in [0.2, 0.25) is 0 Å². The van der Waals surface area contributed by atoms with Crippen LogP contribution in [-0.4, -0.2) is 18.0 Å². The molecule has 0 bridgehead atoms. The Morgan fingerprint density at radius 2 is 1.67 bits per heavy atom. The number of hydrogen-bond acceptors (Lipinski definition) is 3. The van der Waals surface area contributed by atoms with Crippen molar-refractivity contribution in [2.75, 3.05) is 0 Å². The molecule has 1 aliphatic heterocycles. The van der Waals surface area contributed by atoms with E-state index in [1.807, 2.05) is 0 Å². The number of rotatable bonds is 2. The van der Waals surface area contributed by atoms with Crippen molar-refractivity contribution in [3.05, 3.63) is 58.9 Å². The van der Waals surface area contributed by atoms with E-state index in [1.54, 1.807) is 5.32 Å². The Hall–Kier alpha value is -2.48. The van der Waals surface area contributed by atoms with E-state index in [0.717, 1.165) is 30.3 Å². The van der Waals surface area contributed by atoms with Crippen LogP contribution in [-0.2, 0) is 0 Å².